The number of nitrogens with one attached hydrogen (secondary N) is 1. The Morgan fingerprint density at radius 1 is 0.949 bits per heavy atom. The second kappa shape index (κ2) is 12.7. The molecule has 0 amide bonds. The van der Waals surface area contributed by atoms with Crippen LogP contribution < -0.4 is 24.7 Å². The molecular weight excluding hydrogens is 526 g/mol. The number of hydrazone groups is 1. The lowest BCUT2D eigenvalue weighted by molar-refractivity contribution is 0.0730. The molecule has 0 spiro atoms. The predicted molar refractivity (Wildman–Crippen MR) is 147 cm³/mol. The zero-order valence-electron chi connectivity index (χ0n) is 21.4. The summed E-state index contributed by atoms with van der Waals surface area (Å²) in [4.78, 5) is 30.5. The molecule has 2 aliphatic rings. The van der Waals surface area contributed by atoms with Crippen LogP contribution in [0, 0.1) is 0 Å². The van der Waals surface area contributed by atoms with Crippen molar-refractivity contribution in [2.45, 2.75) is 0 Å². The molecule has 0 atom stereocenters. The number of morpholine rings is 2. The van der Waals surface area contributed by atoms with Crippen LogP contribution in [0.25, 0.3) is 0 Å². The van der Waals surface area contributed by atoms with Gasteiger partial charge in [0.25, 0.3) is 0 Å². The van der Waals surface area contributed by atoms with Gasteiger partial charge in [0.15, 0.2) is 11.5 Å². The number of nitrogens with zero attached hydrogens (tertiary/aromatic N) is 6. The summed E-state index contributed by atoms with van der Waals surface area (Å²) >= 11 is 6.11. The second-order valence-electron chi connectivity index (χ2n) is 8.61. The van der Waals surface area contributed by atoms with Crippen molar-refractivity contribution in [1.29, 1.82) is 0 Å². The fourth-order valence-corrected chi connectivity index (χ4v) is 4.22. The van der Waals surface area contributed by atoms with Crippen LogP contribution in [0.3, 0.4) is 0 Å². The summed E-state index contributed by atoms with van der Waals surface area (Å²) in [6.07, 6.45) is 1.59. The number of halogens is 1. The third kappa shape index (κ3) is 6.72. The van der Waals surface area contributed by atoms with Crippen LogP contribution in [-0.4, -0.2) is 86.9 Å². The van der Waals surface area contributed by atoms with E-state index in [1.165, 1.54) is 7.11 Å². The molecule has 12 nitrogen and oxygen atoms in total. The van der Waals surface area contributed by atoms with Crippen LogP contribution in [0.5, 0.6) is 11.5 Å². The Labute approximate surface area is 230 Å². The van der Waals surface area contributed by atoms with Gasteiger partial charge in [0.2, 0.25) is 17.8 Å². The SMILES string of the molecule is COc1cc(/C=N/Nc2nc(N3CCOCC3)nc(N3CCOCC3)n2)ccc1OC(=O)c1ccccc1Cl. The van der Waals surface area contributed by atoms with E-state index in [2.05, 4.69) is 30.3 Å². The number of ether oxygens (including phenoxy) is 4. The van der Waals surface area contributed by atoms with Crippen LogP contribution in [0.4, 0.5) is 17.8 Å². The molecule has 2 aliphatic heterocycles. The smallest absolute Gasteiger partial charge is 0.345 e. The summed E-state index contributed by atoms with van der Waals surface area (Å²) in [7, 11) is 1.49. The topological polar surface area (TPSA) is 124 Å². The van der Waals surface area contributed by atoms with Gasteiger partial charge in [-0.15, -0.1) is 0 Å². The Morgan fingerprint density at radius 2 is 1.59 bits per heavy atom. The molecule has 3 heterocycles. The first-order valence-electron chi connectivity index (χ1n) is 12.5. The normalized spacial score (nSPS) is 15.8. The number of hydrogen-bond acceptors (Lipinski definition) is 12. The van der Waals surface area contributed by atoms with Gasteiger partial charge in [-0.3, -0.25) is 0 Å². The van der Waals surface area contributed by atoms with E-state index in [1.807, 2.05) is 0 Å². The highest BCUT2D eigenvalue weighted by molar-refractivity contribution is 6.33. The maximum absolute atomic E-state index is 12.6. The van der Waals surface area contributed by atoms with Crippen molar-refractivity contribution in [1.82, 2.24) is 15.0 Å². The molecule has 2 fully saturated rings. The van der Waals surface area contributed by atoms with Gasteiger partial charge < -0.3 is 28.7 Å². The zero-order chi connectivity index (χ0) is 27.0. The lowest BCUT2D eigenvalue weighted by atomic mass is 10.2. The number of carbonyl (C=O) groups excluding carboxylic acids is 1. The molecule has 3 aromatic rings. The Bertz CT molecular complexity index is 1290. The van der Waals surface area contributed by atoms with Crippen molar-refractivity contribution in [2.24, 2.45) is 5.10 Å². The number of methoxy groups -OCH3 is 1. The average molecular weight is 554 g/mol. The van der Waals surface area contributed by atoms with Crippen LogP contribution >= 0.6 is 11.6 Å². The van der Waals surface area contributed by atoms with E-state index in [0.717, 1.165) is 0 Å². The molecule has 5 rings (SSSR count). The highest BCUT2D eigenvalue weighted by Gasteiger charge is 2.21. The maximum Gasteiger partial charge on any atom is 0.345 e. The average Bonchev–Trinajstić information content (AvgIpc) is 2.98. The molecule has 0 bridgehead atoms. The van der Waals surface area contributed by atoms with E-state index in [0.29, 0.717) is 86.8 Å². The Hall–Kier alpha value is -4.00. The first kappa shape index (κ1) is 26.6. The van der Waals surface area contributed by atoms with Crippen LogP contribution in [0.15, 0.2) is 47.6 Å². The highest BCUT2D eigenvalue weighted by Crippen LogP contribution is 2.29. The van der Waals surface area contributed by atoms with E-state index < -0.39 is 5.97 Å². The second-order valence-corrected chi connectivity index (χ2v) is 9.01. The van der Waals surface area contributed by atoms with E-state index >= 15 is 0 Å². The van der Waals surface area contributed by atoms with Crippen LogP contribution in [0.1, 0.15) is 15.9 Å². The molecule has 1 N–H and O–H groups in total. The minimum absolute atomic E-state index is 0.260. The highest BCUT2D eigenvalue weighted by atomic mass is 35.5. The molecule has 204 valence electrons. The summed E-state index contributed by atoms with van der Waals surface area (Å²) in [5, 5.41) is 4.62. The van der Waals surface area contributed by atoms with Crippen molar-refractivity contribution in [3.8, 4) is 11.5 Å². The first-order chi connectivity index (χ1) is 19.1. The summed E-state index contributed by atoms with van der Waals surface area (Å²) in [5.74, 6) is 1.50. The number of esters is 1. The van der Waals surface area contributed by atoms with Gasteiger partial charge >= 0.3 is 5.97 Å². The molecule has 0 saturated carbocycles. The molecule has 0 unspecified atom stereocenters. The monoisotopic (exact) mass is 553 g/mol. The molecule has 0 radical (unpaired) electrons. The number of aromatic nitrogens is 3. The van der Waals surface area contributed by atoms with Gasteiger partial charge in [-0.1, -0.05) is 23.7 Å². The van der Waals surface area contributed by atoms with Gasteiger partial charge in [-0.05, 0) is 35.9 Å². The minimum atomic E-state index is -0.580. The van der Waals surface area contributed by atoms with Crippen molar-refractivity contribution < 1.29 is 23.7 Å². The molecule has 2 aromatic carbocycles. The number of anilines is 3. The van der Waals surface area contributed by atoms with Gasteiger partial charge in [-0.25, -0.2) is 10.2 Å². The van der Waals surface area contributed by atoms with Crippen molar-refractivity contribution in [2.75, 3.05) is 74.9 Å². The van der Waals surface area contributed by atoms with Crippen molar-refractivity contribution >= 4 is 41.6 Å². The van der Waals surface area contributed by atoms with Gasteiger partial charge in [0.1, 0.15) is 0 Å². The minimum Gasteiger partial charge on any atom is -0.493 e. The summed E-state index contributed by atoms with van der Waals surface area (Å²) < 4.78 is 21.9. The molecule has 2 saturated heterocycles. The zero-order valence-corrected chi connectivity index (χ0v) is 22.1. The fourth-order valence-electron chi connectivity index (χ4n) is 4.01. The Balaban J connectivity index is 1.31. The maximum atomic E-state index is 12.6. The van der Waals surface area contributed by atoms with E-state index in [1.54, 1.807) is 48.7 Å². The predicted octanol–water partition coefficient (Wildman–Crippen LogP) is 2.87. The molecule has 39 heavy (non-hydrogen) atoms. The molecular formula is C26H28ClN7O5. The number of hydrogen-bond donors (Lipinski definition) is 1. The van der Waals surface area contributed by atoms with Crippen LogP contribution in [0.2, 0.25) is 5.02 Å². The van der Waals surface area contributed by atoms with Crippen LogP contribution in [-0.2, 0) is 9.47 Å². The molecule has 1 aromatic heterocycles. The lowest BCUT2D eigenvalue weighted by Gasteiger charge is -2.30. The largest absolute Gasteiger partial charge is 0.493 e. The Kier molecular flexibility index (Phi) is 8.66. The number of rotatable bonds is 8. The summed E-state index contributed by atoms with van der Waals surface area (Å²) in [5.41, 5.74) is 3.88. The van der Waals surface area contributed by atoms with Gasteiger partial charge in [-0.2, -0.15) is 20.1 Å². The number of benzene rings is 2. The van der Waals surface area contributed by atoms with E-state index in [4.69, 9.17) is 35.5 Å². The lowest BCUT2D eigenvalue weighted by Crippen LogP contribution is -2.40. The summed E-state index contributed by atoms with van der Waals surface area (Å²) in [6.45, 7) is 5.25. The quantitative estimate of drug-likeness (QED) is 0.192. The Morgan fingerprint density at radius 3 is 2.21 bits per heavy atom. The standard InChI is InChI=1S/C26H28ClN7O5/c1-36-22-16-18(6-7-21(22)39-23(35)19-4-2-3-5-20(19)27)17-28-32-24-29-25(33-8-12-37-13-9-33)31-26(30-24)34-10-14-38-15-11-34/h2-7,16-17H,8-15H2,1H3,(H,29,30,31,32)/b28-17+. The third-order valence-corrected chi connectivity index (χ3v) is 6.39. The first-order valence-corrected chi connectivity index (χ1v) is 12.8. The van der Waals surface area contributed by atoms with Crippen molar-refractivity contribution in [3.05, 3.63) is 58.6 Å². The number of carbonyl (C=O) groups is 1. The van der Waals surface area contributed by atoms with Gasteiger partial charge in [0, 0.05) is 26.2 Å². The van der Waals surface area contributed by atoms with Crippen molar-refractivity contribution in [3.63, 3.8) is 0 Å². The van der Waals surface area contributed by atoms with E-state index in [9.17, 15) is 4.79 Å². The molecule has 13 heteroatoms. The third-order valence-electron chi connectivity index (χ3n) is 6.06. The molecule has 0 aliphatic carbocycles. The van der Waals surface area contributed by atoms with E-state index in [-0.39, 0.29) is 11.3 Å². The fraction of sp³-hybridized carbons (Fsp3) is 0.346. The van der Waals surface area contributed by atoms with Gasteiger partial charge in [0.05, 0.1) is 50.3 Å². The summed E-state index contributed by atoms with van der Waals surface area (Å²) in [6, 6.07) is 11.8.